The molecule has 8 heteroatoms. The predicted molar refractivity (Wildman–Crippen MR) is 127 cm³/mol. The van der Waals surface area contributed by atoms with E-state index in [0.29, 0.717) is 17.0 Å². The van der Waals surface area contributed by atoms with Crippen molar-refractivity contribution in [3.63, 3.8) is 0 Å². The summed E-state index contributed by atoms with van der Waals surface area (Å²) in [7, 11) is 0. The Balaban J connectivity index is 1.52. The topological polar surface area (TPSA) is 114 Å². The molecule has 1 fully saturated rings. The Bertz CT molecular complexity index is 965. The summed E-state index contributed by atoms with van der Waals surface area (Å²) in [5, 5.41) is 5.44. The summed E-state index contributed by atoms with van der Waals surface area (Å²) in [6.07, 6.45) is 3.19. The van der Waals surface area contributed by atoms with E-state index in [9.17, 15) is 14.4 Å². The van der Waals surface area contributed by atoms with Crippen molar-refractivity contribution in [2.24, 2.45) is 5.73 Å². The number of rotatable bonds is 7. The molecule has 1 aliphatic rings. The number of anilines is 1. The molecule has 3 unspecified atom stereocenters. The molecular formula is C25H32N4O4. The Morgan fingerprint density at radius 1 is 1.03 bits per heavy atom. The van der Waals surface area contributed by atoms with Gasteiger partial charge in [-0.3, -0.25) is 9.59 Å². The van der Waals surface area contributed by atoms with Crippen LogP contribution < -0.4 is 21.1 Å². The summed E-state index contributed by atoms with van der Waals surface area (Å²) >= 11 is 0. The number of nitrogens with one attached hydrogen (secondary N) is 2. The van der Waals surface area contributed by atoms with Crippen LogP contribution in [-0.4, -0.2) is 41.4 Å². The average Bonchev–Trinajstić information content (AvgIpc) is 2.78. The Morgan fingerprint density at radius 2 is 1.64 bits per heavy atom. The maximum Gasteiger partial charge on any atom is 0.316 e. The van der Waals surface area contributed by atoms with Gasteiger partial charge in [-0.15, -0.1) is 0 Å². The van der Waals surface area contributed by atoms with Crippen LogP contribution in [0.2, 0.25) is 0 Å². The van der Waals surface area contributed by atoms with Crippen molar-refractivity contribution in [1.82, 2.24) is 10.2 Å². The van der Waals surface area contributed by atoms with E-state index in [1.54, 1.807) is 36.4 Å². The van der Waals surface area contributed by atoms with Crippen LogP contribution >= 0.6 is 0 Å². The number of hydrogen-bond donors (Lipinski definition) is 3. The molecule has 1 saturated heterocycles. The molecule has 0 bridgehead atoms. The second kappa shape index (κ2) is 10.8. The molecule has 1 aliphatic heterocycles. The third kappa shape index (κ3) is 6.47. The number of likely N-dealkylation sites (tertiary alicyclic amines) is 1. The lowest BCUT2D eigenvalue weighted by Gasteiger charge is -2.38. The minimum absolute atomic E-state index is 0.0117. The molecule has 176 valence electrons. The highest BCUT2D eigenvalue weighted by Gasteiger charge is 2.29. The zero-order valence-corrected chi connectivity index (χ0v) is 19.3. The maximum atomic E-state index is 12.6. The Labute approximate surface area is 194 Å². The smallest absolute Gasteiger partial charge is 0.316 e. The summed E-state index contributed by atoms with van der Waals surface area (Å²) in [4.78, 5) is 38.1. The van der Waals surface area contributed by atoms with Crippen LogP contribution in [0.15, 0.2) is 48.5 Å². The second-order valence-electron chi connectivity index (χ2n) is 8.55. The van der Waals surface area contributed by atoms with Crippen LogP contribution in [0, 0.1) is 0 Å². The maximum absolute atomic E-state index is 12.6. The van der Waals surface area contributed by atoms with Gasteiger partial charge < -0.3 is 26.0 Å². The van der Waals surface area contributed by atoms with Crippen LogP contribution in [0.3, 0.4) is 0 Å². The molecule has 2 aromatic rings. The first-order chi connectivity index (χ1) is 15.7. The Morgan fingerprint density at radius 3 is 2.21 bits per heavy atom. The number of ether oxygens (including phenoxy) is 1. The molecule has 33 heavy (non-hydrogen) atoms. The summed E-state index contributed by atoms with van der Waals surface area (Å²) in [6.45, 7) is 6.01. The van der Waals surface area contributed by atoms with E-state index in [1.807, 2.05) is 24.0 Å². The zero-order valence-electron chi connectivity index (χ0n) is 19.3. The molecule has 4 N–H and O–H groups in total. The molecule has 3 rings (SSSR count). The van der Waals surface area contributed by atoms with E-state index in [-0.39, 0.29) is 36.5 Å². The van der Waals surface area contributed by atoms with Gasteiger partial charge in [0, 0.05) is 23.3 Å². The molecule has 2 aromatic carbocycles. The van der Waals surface area contributed by atoms with Crippen molar-refractivity contribution in [3.05, 3.63) is 59.7 Å². The van der Waals surface area contributed by atoms with Crippen LogP contribution in [0.1, 0.15) is 62.0 Å². The van der Waals surface area contributed by atoms with Crippen molar-refractivity contribution in [1.29, 1.82) is 0 Å². The highest BCUT2D eigenvalue weighted by atomic mass is 16.5. The van der Waals surface area contributed by atoms with Crippen LogP contribution in [0.25, 0.3) is 0 Å². The number of urea groups is 1. The molecule has 3 atom stereocenters. The summed E-state index contributed by atoms with van der Waals surface area (Å²) < 4.78 is 5.68. The van der Waals surface area contributed by atoms with Gasteiger partial charge in [0.2, 0.25) is 0 Å². The summed E-state index contributed by atoms with van der Waals surface area (Å²) in [5.74, 6) is 0.311. The number of amides is 4. The van der Waals surface area contributed by atoms with Gasteiger partial charge in [-0.2, -0.15) is 0 Å². The molecule has 1 heterocycles. The molecule has 0 spiro atoms. The van der Waals surface area contributed by atoms with E-state index in [2.05, 4.69) is 24.5 Å². The monoisotopic (exact) mass is 452 g/mol. The first kappa shape index (κ1) is 24.1. The van der Waals surface area contributed by atoms with Crippen molar-refractivity contribution in [3.8, 4) is 5.75 Å². The summed E-state index contributed by atoms with van der Waals surface area (Å²) in [6, 6.07) is 13.4. The van der Waals surface area contributed by atoms with Crippen LogP contribution in [0.5, 0.6) is 5.75 Å². The Hall–Kier alpha value is -3.55. The molecule has 4 amide bonds. The van der Waals surface area contributed by atoms with Crippen molar-refractivity contribution in [2.45, 2.75) is 58.2 Å². The minimum atomic E-state index is -0.628. The molecule has 0 aliphatic carbocycles. The standard InChI is InChI=1S/C25H32N4O4/c1-16-5-4-6-17(2)29(16)23(30)15-33-22-13-9-20(10-14-22)24(31)27-18(3)19-7-11-21(12-8-19)28-25(26)32/h7-14,16-18H,4-6,15H2,1-3H3,(H,27,31)(H3,26,28,32). The van der Waals surface area contributed by atoms with Crippen molar-refractivity contribution < 1.29 is 19.1 Å². The van der Waals surface area contributed by atoms with E-state index < -0.39 is 6.03 Å². The van der Waals surface area contributed by atoms with Crippen molar-refractivity contribution >= 4 is 23.5 Å². The van der Waals surface area contributed by atoms with Gasteiger partial charge >= 0.3 is 6.03 Å². The fraction of sp³-hybridized carbons (Fsp3) is 0.400. The van der Waals surface area contributed by atoms with Gasteiger partial charge in [0.25, 0.3) is 11.8 Å². The lowest BCUT2D eigenvalue weighted by Crippen LogP contribution is -2.49. The van der Waals surface area contributed by atoms with E-state index in [4.69, 9.17) is 10.5 Å². The number of carbonyl (C=O) groups is 3. The van der Waals surface area contributed by atoms with E-state index >= 15 is 0 Å². The molecule has 0 aromatic heterocycles. The third-order valence-corrected chi connectivity index (χ3v) is 5.99. The van der Waals surface area contributed by atoms with E-state index in [0.717, 1.165) is 24.8 Å². The number of benzene rings is 2. The van der Waals surface area contributed by atoms with Gasteiger partial charge in [0.15, 0.2) is 6.61 Å². The lowest BCUT2D eigenvalue weighted by molar-refractivity contribution is -0.139. The summed E-state index contributed by atoms with van der Waals surface area (Å²) in [5.41, 5.74) is 7.07. The minimum Gasteiger partial charge on any atom is -0.484 e. The van der Waals surface area contributed by atoms with Crippen LogP contribution in [-0.2, 0) is 4.79 Å². The van der Waals surface area contributed by atoms with Gasteiger partial charge in [-0.25, -0.2) is 4.79 Å². The highest BCUT2D eigenvalue weighted by Crippen LogP contribution is 2.23. The lowest BCUT2D eigenvalue weighted by atomic mass is 9.97. The number of nitrogens with zero attached hydrogens (tertiary/aromatic N) is 1. The second-order valence-corrected chi connectivity index (χ2v) is 8.55. The number of carbonyl (C=O) groups excluding carboxylic acids is 3. The largest absolute Gasteiger partial charge is 0.484 e. The molecule has 8 nitrogen and oxygen atoms in total. The van der Waals surface area contributed by atoms with Gasteiger partial charge in [0.1, 0.15) is 5.75 Å². The number of primary amides is 1. The van der Waals surface area contributed by atoms with Gasteiger partial charge in [-0.05, 0) is 82.0 Å². The van der Waals surface area contributed by atoms with Crippen molar-refractivity contribution in [2.75, 3.05) is 11.9 Å². The van der Waals surface area contributed by atoms with Gasteiger partial charge in [-0.1, -0.05) is 12.1 Å². The fourth-order valence-electron chi connectivity index (χ4n) is 4.20. The normalized spacial score (nSPS) is 18.8. The first-order valence-electron chi connectivity index (χ1n) is 11.3. The van der Waals surface area contributed by atoms with E-state index in [1.165, 1.54) is 0 Å². The quantitative estimate of drug-likeness (QED) is 0.592. The average molecular weight is 453 g/mol. The third-order valence-electron chi connectivity index (χ3n) is 5.99. The number of hydrogen-bond acceptors (Lipinski definition) is 4. The SMILES string of the molecule is CC(NC(=O)c1ccc(OCC(=O)N2C(C)CCCC2C)cc1)c1ccc(NC(N)=O)cc1. The molecular weight excluding hydrogens is 420 g/mol. The highest BCUT2D eigenvalue weighted by molar-refractivity contribution is 5.94. The number of nitrogens with two attached hydrogens (primary N) is 1. The predicted octanol–water partition coefficient (Wildman–Crippen LogP) is 3.84. The fourth-order valence-corrected chi connectivity index (χ4v) is 4.20. The first-order valence-corrected chi connectivity index (χ1v) is 11.3. The molecule has 0 saturated carbocycles. The number of piperidine rings is 1. The van der Waals surface area contributed by atoms with Crippen LogP contribution in [0.4, 0.5) is 10.5 Å². The molecule has 0 radical (unpaired) electrons. The van der Waals surface area contributed by atoms with Gasteiger partial charge in [0.05, 0.1) is 6.04 Å². The Kier molecular flexibility index (Phi) is 7.92. The zero-order chi connectivity index (χ0) is 24.0.